The first-order valence-electron chi connectivity index (χ1n) is 4.14. The number of hydrogen-bond acceptors (Lipinski definition) is 6. The Hall–Kier alpha value is -0.660. The lowest BCUT2D eigenvalue weighted by Crippen LogP contribution is -2.31. The van der Waals surface area contributed by atoms with Crippen molar-refractivity contribution in [2.45, 2.75) is 24.7 Å². The lowest BCUT2D eigenvalue weighted by Gasteiger charge is -2.13. The zero-order valence-electron chi connectivity index (χ0n) is 7.59. The number of ether oxygens (including phenoxy) is 1. The molecule has 9 heteroatoms. The summed E-state index contributed by atoms with van der Waals surface area (Å²) in [6, 6.07) is 0. The smallest absolute Gasteiger partial charge is 0.325 e. The maximum Gasteiger partial charge on any atom is 0.325 e. The minimum Gasteiger partial charge on any atom is -0.471 e. The van der Waals surface area contributed by atoms with Crippen LogP contribution in [-0.4, -0.2) is 55.6 Å². The SMILES string of the molecule is O=P(O)(O)CC[C@H]1O/C(=N\O)[C@@H](O)[C@@H]1O. The number of rotatable bonds is 3. The van der Waals surface area contributed by atoms with Crippen molar-refractivity contribution in [3.8, 4) is 0 Å². The van der Waals surface area contributed by atoms with Gasteiger partial charge in [-0.05, 0) is 6.42 Å². The summed E-state index contributed by atoms with van der Waals surface area (Å²) in [7, 11) is -4.17. The Bertz CT molecular complexity index is 300. The lowest BCUT2D eigenvalue weighted by molar-refractivity contribution is 0.0225. The minimum absolute atomic E-state index is 0.137. The summed E-state index contributed by atoms with van der Waals surface area (Å²) in [6.07, 6.45) is -4.39. The van der Waals surface area contributed by atoms with Gasteiger partial charge in [-0.1, -0.05) is 5.16 Å². The van der Waals surface area contributed by atoms with Gasteiger partial charge in [0.1, 0.15) is 12.2 Å². The fraction of sp³-hybridized carbons (Fsp3) is 0.833. The van der Waals surface area contributed by atoms with Gasteiger partial charge in [-0.25, -0.2) is 0 Å². The van der Waals surface area contributed by atoms with Crippen molar-refractivity contribution < 1.29 is 34.5 Å². The molecule has 0 aliphatic carbocycles. The van der Waals surface area contributed by atoms with Crippen LogP contribution in [0.2, 0.25) is 0 Å². The van der Waals surface area contributed by atoms with E-state index in [0.29, 0.717) is 0 Å². The molecule has 0 aromatic heterocycles. The molecular weight excluding hydrogens is 229 g/mol. The molecule has 1 aliphatic rings. The van der Waals surface area contributed by atoms with Crippen molar-refractivity contribution in [2.75, 3.05) is 6.16 Å². The Kier molecular flexibility index (Phi) is 3.69. The molecule has 88 valence electrons. The summed E-state index contributed by atoms with van der Waals surface area (Å²) in [5.41, 5.74) is 0. The zero-order chi connectivity index (χ0) is 11.6. The number of hydrogen-bond donors (Lipinski definition) is 5. The van der Waals surface area contributed by atoms with E-state index in [1.54, 1.807) is 0 Å². The Morgan fingerprint density at radius 1 is 1.40 bits per heavy atom. The van der Waals surface area contributed by atoms with Gasteiger partial charge in [-0.15, -0.1) is 0 Å². The topological polar surface area (TPSA) is 140 Å². The van der Waals surface area contributed by atoms with E-state index in [-0.39, 0.29) is 6.42 Å². The fourth-order valence-electron chi connectivity index (χ4n) is 1.25. The lowest BCUT2D eigenvalue weighted by atomic mass is 10.1. The van der Waals surface area contributed by atoms with E-state index in [2.05, 4.69) is 5.16 Å². The van der Waals surface area contributed by atoms with Gasteiger partial charge in [0.15, 0.2) is 6.10 Å². The molecule has 0 spiro atoms. The normalized spacial score (nSPS) is 34.4. The van der Waals surface area contributed by atoms with Crippen LogP contribution in [0.5, 0.6) is 0 Å². The highest BCUT2D eigenvalue weighted by Gasteiger charge is 2.41. The molecule has 5 N–H and O–H groups in total. The van der Waals surface area contributed by atoms with Gasteiger partial charge in [0.25, 0.3) is 5.90 Å². The summed E-state index contributed by atoms with van der Waals surface area (Å²) in [5, 5.41) is 29.5. The molecule has 0 saturated carbocycles. The molecule has 0 unspecified atom stereocenters. The largest absolute Gasteiger partial charge is 0.471 e. The van der Waals surface area contributed by atoms with E-state index in [4.69, 9.17) is 19.7 Å². The molecule has 1 rings (SSSR count). The van der Waals surface area contributed by atoms with Crippen molar-refractivity contribution in [3.05, 3.63) is 0 Å². The van der Waals surface area contributed by atoms with Gasteiger partial charge in [0.2, 0.25) is 0 Å². The van der Waals surface area contributed by atoms with Gasteiger partial charge >= 0.3 is 7.60 Å². The molecule has 0 radical (unpaired) electrons. The van der Waals surface area contributed by atoms with E-state index in [9.17, 15) is 14.8 Å². The van der Waals surface area contributed by atoms with Crippen LogP contribution in [0.1, 0.15) is 6.42 Å². The van der Waals surface area contributed by atoms with Gasteiger partial charge in [0, 0.05) is 0 Å². The predicted molar refractivity (Wildman–Crippen MR) is 47.6 cm³/mol. The Labute approximate surface area is 85.0 Å². The summed E-state index contributed by atoms with van der Waals surface area (Å²) in [6.45, 7) is 0. The van der Waals surface area contributed by atoms with Crippen molar-refractivity contribution in [1.29, 1.82) is 0 Å². The van der Waals surface area contributed by atoms with Gasteiger partial charge in [0.05, 0.1) is 6.16 Å². The summed E-state index contributed by atoms with van der Waals surface area (Å²) >= 11 is 0. The number of nitrogens with zero attached hydrogens (tertiary/aromatic N) is 1. The third-order valence-corrected chi connectivity index (χ3v) is 2.87. The summed E-state index contributed by atoms with van der Waals surface area (Å²) in [4.78, 5) is 17.2. The third kappa shape index (κ3) is 3.15. The first kappa shape index (κ1) is 12.4. The highest BCUT2D eigenvalue weighted by molar-refractivity contribution is 7.51. The molecule has 0 aromatic rings. The molecule has 0 amide bonds. The van der Waals surface area contributed by atoms with E-state index in [1.807, 2.05) is 0 Å². The van der Waals surface area contributed by atoms with Crippen LogP contribution in [0.15, 0.2) is 5.16 Å². The van der Waals surface area contributed by atoms with E-state index in [1.165, 1.54) is 0 Å². The van der Waals surface area contributed by atoms with Crippen LogP contribution >= 0.6 is 7.60 Å². The van der Waals surface area contributed by atoms with Crippen molar-refractivity contribution in [1.82, 2.24) is 0 Å². The maximum absolute atomic E-state index is 10.5. The molecule has 1 heterocycles. The van der Waals surface area contributed by atoms with Crippen molar-refractivity contribution in [2.24, 2.45) is 5.16 Å². The quantitative estimate of drug-likeness (QED) is 0.229. The van der Waals surface area contributed by atoms with Gasteiger partial charge < -0.3 is 29.9 Å². The predicted octanol–water partition coefficient (Wildman–Crippen LogP) is -1.54. The first-order chi connectivity index (χ1) is 6.85. The van der Waals surface area contributed by atoms with E-state index >= 15 is 0 Å². The van der Waals surface area contributed by atoms with Crippen LogP contribution in [0.3, 0.4) is 0 Å². The highest BCUT2D eigenvalue weighted by Crippen LogP contribution is 2.36. The number of oxime groups is 1. The second-order valence-corrected chi connectivity index (χ2v) is 4.98. The standard InChI is InChI=1S/C6H12NO7P/c8-4-3(1-2-15(11,12)13)14-6(7-10)5(4)9/h3-5,8-10H,1-2H2,(H2,11,12,13)/b7-6-/t3-,4-,5+/m1/s1. The monoisotopic (exact) mass is 241 g/mol. The van der Waals surface area contributed by atoms with Gasteiger partial charge in [-0.3, -0.25) is 4.57 Å². The van der Waals surface area contributed by atoms with E-state index < -0.39 is 38.0 Å². The maximum atomic E-state index is 10.5. The van der Waals surface area contributed by atoms with Crippen LogP contribution in [0.4, 0.5) is 0 Å². The Morgan fingerprint density at radius 3 is 2.40 bits per heavy atom. The molecule has 0 aromatic carbocycles. The third-order valence-electron chi connectivity index (χ3n) is 2.03. The average molecular weight is 241 g/mol. The number of aliphatic hydroxyl groups excluding tert-OH is 2. The second kappa shape index (κ2) is 4.46. The molecule has 15 heavy (non-hydrogen) atoms. The summed E-state index contributed by atoms with van der Waals surface area (Å²) in [5.74, 6) is -0.446. The molecule has 8 nitrogen and oxygen atoms in total. The van der Waals surface area contributed by atoms with Crippen LogP contribution < -0.4 is 0 Å². The molecule has 3 atom stereocenters. The molecule has 1 fully saturated rings. The zero-order valence-corrected chi connectivity index (χ0v) is 8.49. The molecule has 0 bridgehead atoms. The van der Waals surface area contributed by atoms with E-state index in [0.717, 1.165) is 0 Å². The van der Waals surface area contributed by atoms with Crippen LogP contribution in [-0.2, 0) is 9.30 Å². The second-order valence-electron chi connectivity index (χ2n) is 3.21. The number of aliphatic hydroxyl groups is 2. The Balaban J connectivity index is 2.55. The minimum atomic E-state index is -4.17. The fourth-order valence-corrected chi connectivity index (χ4v) is 1.84. The van der Waals surface area contributed by atoms with Crippen LogP contribution in [0.25, 0.3) is 0 Å². The highest BCUT2D eigenvalue weighted by atomic mass is 31.2. The first-order valence-corrected chi connectivity index (χ1v) is 5.94. The molecule has 1 aliphatic heterocycles. The van der Waals surface area contributed by atoms with Crippen molar-refractivity contribution >= 4 is 13.5 Å². The molecule has 1 saturated heterocycles. The van der Waals surface area contributed by atoms with Crippen LogP contribution in [0, 0.1) is 0 Å². The van der Waals surface area contributed by atoms with Crippen molar-refractivity contribution in [3.63, 3.8) is 0 Å². The van der Waals surface area contributed by atoms with Gasteiger partial charge in [-0.2, -0.15) is 0 Å². The molecular formula is C6H12NO7P. The average Bonchev–Trinajstić information content (AvgIpc) is 2.40. The Morgan fingerprint density at radius 2 is 2.00 bits per heavy atom. The summed E-state index contributed by atoms with van der Waals surface area (Å²) < 4.78 is 15.3.